The molecule has 3 aliphatic rings. The summed E-state index contributed by atoms with van der Waals surface area (Å²) >= 11 is 1.25. The smallest absolute Gasteiger partial charge is 0.327 e. The number of carbonyl (C=O) groups excluding carboxylic acids is 5. The van der Waals surface area contributed by atoms with Crippen molar-refractivity contribution < 1.29 is 39.0 Å². The van der Waals surface area contributed by atoms with Crippen molar-refractivity contribution in [1.82, 2.24) is 25.3 Å². The lowest BCUT2D eigenvalue weighted by Gasteiger charge is -2.44. The van der Waals surface area contributed by atoms with Crippen LogP contribution in [-0.4, -0.2) is 102 Å². The molecule has 198 valence electrons. The molecule has 4 N–H and O–H groups in total. The Morgan fingerprint density at radius 2 is 1.76 bits per heavy atom. The zero-order valence-corrected chi connectivity index (χ0v) is 21.2. The SMILES string of the molecule is CCN1CCN(C(=O)NC(C(=O)NC2C(=O)N3C2SC(C)(C)C3C(=O)O)c2ccc(O)cc2)C(=O)C1=O. The summed E-state index contributed by atoms with van der Waals surface area (Å²) in [7, 11) is 0. The summed E-state index contributed by atoms with van der Waals surface area (Å²) in [5, 5.41) is 23.7. The number of hydrogen-bond donors (Lipinski definition) is 4. The highest BCUT2D eigenvalue weighted by atomic mass is 32.2. The first-order valence-electron chi connectivity index (χ1n) is 11.6. The van der Waals surface area contributed by atoms with Crippen LogP contribution in [0.1, 0.15) is 32.4 Å². The lowest BCUT2D eigenvalue weighted by Crippen LogP contribution is -2.71. The summed E-state index contributed by atoms with van der Waals surface area (Å²) < 4.78 is -0.788. The maximum atomic E-state index is 13.3. The number of imide groups is 1. The van der Waals surface area contributed by atoms with Gasteiger partial charge in [0, 0.05) is 24.4 Å². The number of aliphatic carboxylic acids is 1. The van der Waals surface area contributed by atoms with Crippen LogP contribution in [0.25, 0.3) is 0 Å². The van der Waals surface area contributed by atoms with Gasteiger partial charge in [0.25, 0.3) is 0 Å². The number of thioether (sulfide) groups is 1. The summed E-state index contributed by atoms with van der Waals surface area (Å²) in [6.07, 6.45) is 0. The lowest BCUT2D eigenvalue weighted by molar-refractivity contribution is -0.161. The Hall–Kier alpha value is -3.81. The summed E-state index contributed by atoms with van der Waals surface area (Å²) in [5.74, 6) is -4.42. The maximum Gasteiger partial charge on any atom is 0.327 e. The molecule has 37 heavy (non-hydrogen) atoms. The molecule has 1 aromatic carbocycles. The molecular weight excluding hydrogens is 506 g/mol. The van der Waals surface area contributed by atoms with Gasteiger partial charge in [0.05, 0.1) is 0 Å². The number of phenolic OH excluding ortho intramolecular Hbond substituents is 1. The number of aromatic hydroxyl groups is 1. The Kier molecular flexibility index (Phi) is 6.79. The van der Waals surface area contributed by atoms with Gasteiger partial charge < -0.3 is 30.6 Å². The second-order valence-electron chi connectivity index (χ2n) is 9.40. The summed E-state index contributed by atoms with van der Waals surface area (Å²) in [5.41, 5.74) is 0.251. The molecule has 0 aromatic heterocycles. The van der Waals surface area contributed by atoms with Crippen molar-refractivity contribution in [3.05, 3.63) is 29.8 Å². The number of carboxylic acid groups (broad SMARTS) is 1. The molecule has 0 bridgehead atoms. The minimum absolute atomic E-state index is 0.0609. The third kappa shape index (κ3) is 4.56. The number of fused-ring (bicyclic) bond motifs is 1. The molecule has 4 rings (SSSR count). The first kappa shape index (κ1) is 26.3. The number of phenols is 1. The molecule has 0 saturated carbocycles. The number of likely N-dealkylation sites (N-methyl/N-ethyl adjacent to an activating group) is 1. The van der Waals surface area contributed by atoms with E-state index in [-0.39, 0.29) is 24.4 Å². The number of nitrogens with zero attached hydrogens (tertiary/aromatic N) is 3. The minimum atomic E-state index is -1.38. The van der Waals surface area contributed by atoms with Crippen LogP contribution >= 0.6 is 11.8 Å². The molecule has 0 radical (unpaired) electrons. The van der Waals surface area contributed by atoms with E-state index in [4.69, 9.17) is 0 Å². The Morgan fingerprint density at radius 3 is 2.35 bits per heavy atom. The van der Waals surface area contributed by atoms with E-state index in [1.807, 2.05) is 0 Å². The van der Waals surface area contributed by atoms with Gasteiger partial charge in [0.15, 0.2) is 0 Å². The van der Waals surface area contributed by atoms with E-state index in [2.05, 4.69) is 10.6 Å². The summed E-state index contributed by atoms with van der Waals surface area (Å²) in [4.78, 5) is 78.8. The zero-order chi connectivity index (χ0) is 27.2. The van der Waals surface area contributed by atoms with E-state index in [1.54, 1.807) is 20.8 Å². The fourth-order valence-electron chi connectivity index (χ4n) is 4.72. The van der Waals surface area contributed by atoms with Gasteiger partial charge in [-0.3, -0.25) is 24.1 Å². The van der Waals surface area contributed by atoms with Crippen molar-refractivity contribution in [3.63, 3.8) is 0 Å². The van der Waals surface area contributed by atoms with Crippen LogP contribution in [0, 0.1) is 0 Å². The third-order valence-corrected chi connectivity index (χ3v) is 8.24. The van der Waals surface area contributed by atoms with Crippen LogP contribution < -0.4 is 10.6 Å². The Balaban J connectivity index is 1.53. The van der Waals surface area contributed by atoms with Gasteiger partial charge in [-0.1, -0.05) is 12.1 Å². The number of amides is 6. The van der Waals surface area contributed by atoms with Gasteiger partial charge in [-0.25, -0.2) is 9.59 Å². The lowest BCUT2D eigenvalue weighted by atomic mass is 9.95. The van der Waals surface area contributed by atoms with Gasteiger partial charge in [-0.2, -0.15) is 0 Å². The molecule has 0 spiro atoms. The first-order valence-corrected chi connectivity index (χ1v) is 12.5. The average molecular weight is 534 g/mol. The number of rotatable bonds is 6. The monoisotopic (exact) mass is 533 g/mol. The summed E-state index contributed by atoms with van der Waals surface area (Å²) in [6, 6.07) is 0.979. The van der Waals surface area contributed by atoms with E-state index in [0.717, 1.165) is 4.90 Å². The molecule has 4 atom stereocenters. The molecule has 14 heteroatoms. The van der Waals surface area contributed by atoms with Gasteiger partial charge in [0.2, 0.25) is 11.8 Å². The fourth-order valence-corrected chi connectivity index (χ4v) is 6.35. The van der Waals surface area contributed by atoms with E-state index in [1.165, 1.54) is 45.8 Å². The predicted molar refractivity (Wildman–Crippen MR) is 129 cm³/mol. The second-order valence-corrected chi connectivity index (χ2v) is 11.2. The van der Waals surface area contributed by atoms with Crippen molar-refractivity contribution in [2.24, 2.45) is 0 Å². The van der Waals surface area contributed by atoms with Crippen molar-refractivity contribution in [1.29, 1.82) is 0 Å². The molecular formula is C23H27N5O8S. The number of benzene rings is 1. The highest BCUT2D eigenvalue weighted by Crippen LogP contribution is 2.50. The maximum absolute atomic E-state index is 13.3. The molecule has 3 heterocycles. The van der Waals surface area contributed by atoms with Crippen molar-refractivity contribution in [3.8, 4) is 5.75 Å². The highest BCUT2D eigenvalue weighted by molar-refractivity contribution is 8.01. The molecule has 3 aliphatic heterocycles. The average Bonchev–Trinajstić information content (AvgIpc) is 3.10. The highest BCUT2D eigenvalue weighted by Gasteiger charge is 2.64. The minimum Gasteiger partial charge on any atom is -0.508 e. The van der Waals surface area contributed by atoms with E-state index < -0.39 is 63.9 Å². The standard InChI is InChI=1S/C23H27N5O8S/c1-4-26-9-10-27(19(33)18(26)32)22(36)25-13(11-5-7-12(29)8-6-11)16(30)24-14-17(31)28-15(21(34)35)23(2,3)37-20(14)28/h5-8,13-15,20,29H,4,9-10H2,1-3H3,(H,24,30)(H,25,36)(H,34,35). The molecule has 3 saturated heterocycles. The molecule has 1 aromatic rings. The normalized spacial score (nSPS) is 25.3. The number of urea groups is 1. The molecule has 4 unspecified atom stereocenters. The number of carboxylic acids is 1. The van der Waals surface area contributed by atoms with Crippen molar-refractivity contribution in [2.75, 3.05) is 19.6 Å². The quantitative estimate of drug-likeness (QED) is 0.276. The summed E-state index contributed by atoms with van der Waals surface area (Å²) in [6.45, 7) is 5.51. The van der Waals surface area contributed by atoms with Crippen LogP contribution in [0.15, 0.2) is 24.3 Å². The predicted octanol–water partition coefficient (Wildman–Crippen LogP) is -0.535. The second kappa shape index (κ2) is 9.57. The Labute approximate surface area is 216 Å². The van der Waals surface area contributed by atoms with E-state index in [0.29, 0.717) is 6.54 Å². The van der Waals surface area contributed by atoms with Crippen LogP contribution in [0.5, 0.6) is 5.75 Å². The first-order chi connectivity index (χ1) is 17.4. The van der Waals surface area contributed by atoms with Crippen LogP contribution in [0.4, 0.5) is 4.79 Å². The number of carbonyl (C=O) groups is 6. The van der Waals surface area contributed by atoms with Crippen LogP contribution in [0.2, 0.25) is 0 Å². The molecule has 3 fully saturated rings. The van der Waals surface area contributed by atoms with Crippen molar-refractivity contribution >= 4 is 47.4 Å². The van der Waals surface area contributed by atoms with Gasteiger partial charge in [-0.05, 0) is 38.5 Å². The number of piperazine rings is 1. The number of nitrogens with one attached hydrogen (secondary N) is 2. The molecule has 13 nitrogen and oxygen atoms in total. The third-order valence-electron chi connectivity index (χ3n) is 6.66. The van der Waals surface area contributed by atoms with E-state index >= 15 is 0 Å². The Bertz CT molecular complexity index is 1170. The van der Waals surface area contributed by atoms with Crippen LogP contribution in [-0.2, 0) is 24.0 Å². The number of hydrogen-bond acceptors (Lipinski definition) is 8. The van der Waals surface area contributed by atoms with Gasteiger partial charge >= 0.3 is 23.8 Å². The van der Waals surface area contributed by atoms with Gasteiger partial charge in [0.1, 0.15) is 29.2 Å². The number of β-lactam (4-membered cyclic amide) rings is 1. The topological polar surface area (TPSA) is 177 Å². The fraction of sp³-hybridized carbons (Fsp3) is 0.478. The molecule has 0 aliphatic carbocycles. The van der Waals surface area contributed by atoms with Gasteiger partial charge in [-0.15, -0.1) is 11.8 Å². The zero-order valence-electron chi connectivity index (χ0n) is 20.3. The largest absolute Gasteiger partial charge is 0.508 e. The molecule has 6 amide bonds. The van der Waals surface area contributed by atoms with Crippen LogP contribution in [0.3, 0.4) is 0 Å². The Morgan fingerprint density at radius 1 is 1.11 bits per heavy atom. The van der Waals surface area contributed by atoms with E-state index in [9.17, 15) is 39.0 Å². The van der Waals surface area contributed by atoms with Crippen molar-refractivity contribution in [2.45, 2.75) is 49.0 Å².